The molecular weight excluding hydrogens is 223 g/mol. The van der Waals surface area contributed by atoms with Gasteiger partial charge in [0.2, 0.25) is 0 Å². The predicted molar refractivity (Wildman–Crippen MR) is 49.6 cm³/mol. The molecule has 1 aromatic heterocycles. The van der Waals surface area contributed by atoms with Gasteiger partial charge in [-0.15, -0.1) is 0 Å². The monoisotopic (exact) mass is 233 g/mol. The van der Waals surface area contributed by atoms with Gasteiger partial charge in [0.25, 0.3) is 0 Å². The Bertz CT molecular complexity index is 338. The normalized spacial score (nSPS) is 11.2. The van der Waals surface area contributed by atoms with Crippen molar-refractivity contribution >= 4 is 5.97 Å². The van der Waals surface area contributed by atoms with E-state index in [4.69, 9.17) is 0 Å². The first kappa shape index (κ1) is 12.5. The number of halogens is 3. The van der Waals surface area contributed by atoms with Gasteiger partial charge >= 0.3 is 12.1 Å². The number of esters is 1. The van der Waals surface area contributed by atoms with Crippen LogP contribution in [-0.4, -0.2) is 23.7 Å². The van der Waals surface area contributed by atoms with Crippen molar-refractivity contribution < 1.29 is 22.7 Å². The van der Waals surface area contributed by atoms with E-state index >= 15 is 0 Å². The Morgan fingerprint density at radius 1 is 1.31 bits per heavy atom. The van der Waals surface area contributed by atoms with E-state index < -0.39 is 12.1 Å². The van der Waals surface area contributed by atoms with Gasteiger partial charge in [0.1, 0.15) is 0 Å². The lowest BCUT2D eigenvalue weighted by molar-refractivity contribution is -0.199. The molecule has 3 nitrogen and oxygen atoms in total. The van der Waals surface area contributed by atoms with Crippen LogP contribution < -0.4 is 0 Å². The summed E-state index contributed by atoms with van der Waals surface area (Å²) in [5, 5.41) is 0. The average molecular weight is 233 g/mol. The quantitative estimate of drug-likeness (QED) is 0.590. The van der Waals surface area contributed by atoms with Crippen molar-refractivity contribution in [1.29, 1.82) is 0 Å². The Labute approximate surface area is 90.2 Å². The second kappa shape index (κ2) is 5.48. The number of pyridine rings is 1. The summed E-state index contributed by atoms with van der Waals surface area (Å²) in [7, 11) is 0. The van der Waals surface area contributed by atoms with Gasteiger partial charge in [0, 0.05) is 12.4 Å². The zero-order valence-corrected chi connectivity index (χ0v) is 8.33. The van der Waals surface area contributed by atoms with Crippen molar-refractivity contribution in [2.45, 2.75) is 19.0 Å². The van der Waals surface area contributed by atoms with E-state index in [-0.39, 0.29) is 6.61 Å². The molecule has 1 aromatic rings. The van der Waals surface area contributed by atoms with Crippen LogP contribution in [0, 0.1) is 0 Å². The summed E-state index contributed by atoms with van der Waals surface area (Å²) in [6.45, 7) is -0.235. The third-order valence-corrected chi connectivity index (χ3v) is 1.82. The van der Waals surface area contributed by atoms with E-state index in [1.807, 2.05) is 0 Å². The number of carbonyl (C=O) groups is 1. The molecule has 0 fully saturated rings. The molecule has 0 saturated heterocycles. The first-order valence-corrected chi connectivity index (χ1v) is 4.63. The number of alkyl halides is 3. The number of aryl methyl sites for hydroxylation is 1. The second-order valence-electron chi connectivity index (χ2n) is 3.09. The molecule has 0 aliphatic carbocycles. The van der Waals surface area contributed by atoms with Crippen LogP contribution in [0.3, 0.4) is 0 Å². The molecule has 6 heteroatoms. The van der Waals surface area contributed by atoms with Crippen LogP contribution >= 0.6 is 0 Å². The van der Waals surface area contributed by atoms with Gasteiger partial charge in [0.05, 0.1) is 6.61 Å². The minimum absolute atomic E-state index is 0.235. The molecule has 0 radical (unpaired) electrons. The maximum atomic E-state index is 11.7. The maximum absolute atomic E-state index is 11.7. The van der Waals surface area contributed by atoms with Gasteiger partial charge in [-0.25, -0.2) is 4.79 Å². The van der Waals surface area contributed by atoms with Crippen LogP contribution in [0.1, 0.15) is 12.0 Å². The number of hydrogen-bond acceptors (Lipinski definition) is 3. The van der Waals surface area contributed by atoms with E-state index in [9.17, 15) is 18.0 Å². The zero-order valence-electron chi connectivity index (χ0n) is 8.33. The van der Waals surface area contributed by atoms with Crippen LogP contribution in [0.5, 0.6) is 0 Å². The lowest BCUT2D eigenvalue weighted by Crippen LogP contribution is -2.25. The van der Waals surface area contributed by atoms with Crippen LogP contribution in [0.4, 0.5) is 13.2 Å². The third-order valence-electron chi connectivity index (χ3n) is 1.82. The van der Waals surface area contributed by atoms with Crippen molar-refractivity contribution in [3.63, 3.8) is 0 Å². The minimum atomic E-state index is -4.91. The van der Waals surface area contributed by atoms with E-state index in [0.717, 1.165) is 5.56 Å². The fourth-order valence-electron chi connectivity index (χ4n) is 1.07. The summed E-state index contributed by atoms with van der Waals surface area (Å²) in [6, 6.07) is 3.51. The largest absolute Gasteiger partial charge is 0.490 e. The number of aromatic nitrogens is 1. The van der Waals surface area contributed by atoms with Crippen LogP contribution in [0.15, 0.2) is 24.5 Å². The first-order chi connectivity index (χ1) is 7.50. The van der Waals surface area contributed by atoms with E-state index in [0.29, 0.717) is 12.8 Å². The Kier molecular flexibility index (Phi) is 4.28. The van der Waals surface area contributed by atoms with Gasteiger partial charge in [-0.2, -0.15) is 13.2 Å². The molecule has 1 heterocycles. The highest BCUT2D eigenvalue weighted by molar-refractivity contribution is 5.75. The number of ether oxygens (including phenoxy) is 1. The lowest BCUT2D eigenvalue weighted by atomic mass is 10.1. The topological polar surface area (TPSA) is 39.2 Å². The van der Waals surface area contributed by atoms with Gasteiger partial charge in [-0.1, -0.05) is 0 Å². The average Bonchev–Trinajstić information content (AvgIpc) is 2.24. The highest BCUT2D eigenvalue weighted by Gasteiger charge is 2.40. The molecule has 0 spiro atoms. The highest BCUT2D eigenvalue weighted by atomic mass is 19.4. The third kappa shape index (κ3) is 4.29. The molecule has 0 unspecified atom stereocenters. The van der Waals surface area contributed by atoms with Gasteiger partial charge in [-0.3, -0.25) is 4.98 Å². The number of carbonyl (C=O) groups excluding carboxylic acids is 1. The summed E-state index contributed by atoms with van der Waals surface area (Å²) in [4.78, 5) is 14.1. The summed E-state index contributed by atoms with van der Waals surface area (Å²) >= 11 is 0. The first-order valence-electron chi connectivity index (χ1n) is 4.63. The molecule has 1 rings (SSSR count). The zero-order chi connectivity index (χ0) is 12.0. The van der Waals surface area contributed by atoms with E-state index in [1.165, 1.54) is 0 Å². The van der Waals surface area contributed by atoms with Crippen molar-refractivity contribution in [1.82, 2.24) is 4.98 Å². The molecule has 0 bridgehead atoms. The summed E-state index contributed by atoms with van der Waals surface area (Å²) in [5.41, 5.74) is 0.943. The molecule has 0 saturated carbocycles. The highest BCUT2D eigenvalue weighted by Crippen LogP contribution is 2.16. The smallest absolute Gasteiger partial charge is 0.459 e. The SMILES string of the molecule is O=C(OCCCc1ccncc1)C(F)(F)F. The fourth-order valence-corrected chi connectivity index (χ4v) is 1.07. The summed E-state index contributed by atoms with van der Waals surface area (Å²) in [5.74, 6) is -2.14. The number of rotatable bonds is 4. The van der Waals surface area contributed by atoms with Crippen LogP contribution in [-0.2, 0) is 16.0 Å². The van der Waals surface area contributed by atoms with Crippen LogP contribution in [0.2, 0.25) is 0 Å². The van der Waals surface area contributed by atoms with Gasteiger partial charge < -0.3 is 4.74 Å². The predicted octanol–water partition coefficient (Wildman–Crippen LogP) is 2.12. The standard InChI is InChI=1S/C10H10F3NO2/c11-10(12,13)9(15)16-7-1-2-8-3-5-14-6-4-8/h3-6H,1-2,7H2. The molecule has 0 atom stereocenters. The second-order valence-corrected chi connectivity index (χ2v) is 3.09. The Balaban J connectivity index is 2.20. The molecular formula is C10H10F3NO2. The van der Waals surface area contributed by atoms with E-state index in [1.54, 1.807) is 24.5 Å². The van der Waals surface area contributed by atoms with Gasteiger partial charge in [-0.05, 0) is 30.5 Å². The maximum Gasteiger partial charge on any atom is 0.490 e. The summed E-state index contributed by atoms with van der Waals surface area (Å²) in [6.07, 6.45) is -0.815. The molecule has 0 aliphatic rings. The number of nitrogens with zero attached hydrogens (tertiary/aromatic N) is 1. The Morgan fingerprint density at radius 3 is 2.50 bits per heavy atom. The van der Waals surface area contributed by atoms with Crippen molar-refractivity contribution in [2.24, 2.45) is 0 Å². The lowest BCUT2D eigenvalue weighted by Gasteiger charge is -2.06. The van der Waals surface area contributed by atoms with Crippen molar-refractivity contribution in [2.75, 3.05) is 6.61 Å². The Morgan fingerprint density at radius 2 is 1.94 bits per heavy atom. The molecule has 0 aromatic carbocycles. The van der Waals surface area contributed by atoms with E-state index in [2.05, 4.69) is 9.72 Å². The number of hydrogen-bond donors (Lipinski definition) is 0. The fraction of sp³-hybridized carbons (Fsp3) is 0.400. The van der Waals surface area contributed by atoms with Gasteiger partial charge in [0.15, 0.2) is 0 Å². The molecule has 88 valence electrons. The van der Waals surface area contributed by atoms with Crippen molar-refractivity contribution in [3.8, 4) is 0 Å². The Hall–Kier alpha value is -1.59. The van der Waals surface area contributed by atoms with Crippen molar-refractivity contribution in [3.05, 3.63) is 30.1 Å². The molecule has 0 amide bonds. The minimum Gasteiger partial charge on any atom is -0.459 e. The summed E-state index contributed by atoms with van der Waals surface area (Å²) < 4.78 is 39.2. The van der Waals surface area contributed by atoms with Crippen LogP contribution in [0.25, 0.3) is 0 Å². The molecule has 0 aliphatic heterocycles. The molecule has 16 heavy (non-hydrogen) atoms. The molecule has 0 N–H and O–H groups in total.